The van der Waals surface area contributed by atoms with Gasteiger partial charge in [-0.25, -0.2) is 9.97 Å². The van der Waals surface area contributed by atoms with Gasteiger partial charge in [0.1, 0.15) is 5.78 Å². The van der Waals surface area contributed by atoms with Crippen LogP contribution in [0.25, 0.3) is 50.4 Å². The molecule has 1 unspecified atom stereocenters. The third-order valence-corrected chi connectivity index (χ3v) is 11.4. The van der Waals surface area contributed by atoms with Gasteiger partial charge in [0, 0.05) is 37.8 Å². The fourth-order valence-corrected chi connectivity index (χ4v) is 7.91. The Morgan fingerprint density at radius 2 is 1.48 bits per heavy atom. The SMILES string of the molecule is C=CC1=C(C)c2cc3[n-]c(cc4nc(cc5[n-]c(cc1n2)c(C)c5C=C)C(C)=C4CCC(=O)O)c(CCC(=O)CCCN1C(=O)CC(SC)C1=O)c3C.[Zn+2]. The molecule has 10 nitrogen and oxygen atoms in total. The number of thioether (sulfide) groups is 1. The van der Waals surface area contributed by atoms with Crippen LogP contribution in [0.3, 0.4) is 0 Å². The summed E-state index contributed by atoms with van der Waals surface area (Å²) in [7, 11) is 0. The zero-order chi connectivity index (χ0) is 38.1. The van der Waals surface area contributed by atoms with Crippen LogP contribution in [-0.2, 0) is 45.1 Å². The van der Waals surface area contributed by atoms with Gasteiger partial charge < -0.3 is 15.1 Å². The minimum atomic E-state index is -0.903. The monoisotopic (exact) mass is 793 g/mol. The summed E-state index contributed by atoms with van der Waals surface area (Å²) in [6.07, 6.45) is 7.17. The van der Waals surface area contributed by atoms with Crippen molar-refractivity contribution in [2.75, 3.05) is 12.8 Å². The van der Waals surface area contributed by atoms with Gasteiger partial charge in [0.2, 0.25) is 11.8 Å². The Balaban J connectivity index is 0.00000561. The molecule has 1 atom stereocenters. The Morgan fingerprint density at radius 1 is 0.852 bits per heavy atom. The number of imide groups is 1. The number of carboxylic acid groups (broad SMARTS) is 1. The first-order chi connectivity index (χ1) is 25.3. The number of aliphatic carboxylic acids is 1. The summed E-state index contributed by atoms with van der Waals surface area (Å²) >= 11 is 1.38. The van der Waals surface area contributed by atoms with Crippen molar-refractivity contribution < 1.29 is 43.8 Å². The fourth-order valence-electron chi connectivity index (χ4n) is 7.28. The van der Waals surface area contributed by atoms with Crippen molar-refractivity contribution in [3.8, 4) is 0 Å². The van der Waals surface area contributed by atoms with Crippen LogP contribution >= 0.6 is 11.8 Å². The Labute approximate surface area is 332 Å². The van der Waals surface area contributed by atoms with Crippen molar-refractivity contribution in [3.05, 3.63) is 88.5 Å². The van der Waals surface area contributed by atoms with Crippen LogP contribution < -0.4 is 9.97 Å². The average Bonchev–Trinajstić information content (AvgIpc) is 3.85. The van der Waals surface area contributed by atoms with Crippen molar-refractivity contribution in [1.29, 1.82) is 0 Å². The van der Waals surface area contributed by atoms with Gasteiger partial charge >= 0.3 is 25.4 Å². The molecule has 0 radical (unpaired) electrons. The smallest absolute Gasteiger partial charge is 0.657 e. The summed E-state index contributed by atoms with van der Waals surface area (Å²) < 4.78 is 0. The van der Waals surface area contributed by atoms with E-state index in [0.29, 0.717) is 40.8 Å². The van der Waals surface area contributed by atoms with E-state index in [9.17, 15) is 24.3 Å². The Morgan fingerprint density at radius 3 is 2.15 bits per heavy atom. The van der Waals surface area contributed by atoms with Gasteiger partial charge in [0.05, 0.1) is 28.0 Å². The number of likely N-dealkylation sites (tertiary alicyclic amines) is 1. The van der Waals surface area contributed by atoms with Crippen LogP contribution in [0.2, 0.25) is 0 Å². The molecule has 274 valence electrons. The first kappa shape index (κ1) is 40.5. The zero-order valence-electron chi connectivity index (χ0n) is 31.5. The molecule has 3 aromatic rings. The predicted molar refractivity (Wildman–Crippen MR) is 212 cm³/mol. The Hall–Kier alpha value is -4.67. The molecule has 3 aromatic heterocycles. The molecule has 6 heterocycles. The van der Waals surface area contributed by atoms with E-state index in [2.05, 4.69) is 13.2 Å². The summed E-state index contributed by atoms with van der Waals surface area (Å²) in [5.74, 6) is -1.23. The number of hydrogen-bond donors (Lipinski definition) is 1. The van der Waals surface area contributed by atoms with E-state index in [-0.39, 0.29) is 81.0 Å². The Bertz CT molecular complexity index is 2330. The molecule has 3 aliphatic rings. The maximum atomic E-state index is 13.2. The number of aryl methyl sites for hydroxylation is 3. The number of aromatic nitrogens is 4. The summed E-state index contributed by atoms with van der Waals surface area (Å²) in [5, 5.41) is 9.26. The van der Waals surface area contributed by atoms with E-state index < -0.39 is 5.97 Å². The van der Waals surface area contributed by atoms with Crippen LogP contribution in [0.4, 0.5) is 0 Å². The maximum Gasteiger partial charge on any atom is 2.00 e. The number of allylic oxidation sites excluding steroid dienone is 5. The predicted octanol–water partition coefficient (Wildman–Crippen LogP) is 7.51. The number of ketones is 1. The van der Waals surface area contributed by atoms with Crippen LogP contribution in [0.5, 0.6) is 0 Å². The zero-order valence-corrected chi connectivity index (χ0v) is 35.3. The van der Waals surface area contributed by atoms with Crippen molar-refractivity contribution in [3.63, 3.8) is 0 Å². The average molecular weight is 795 g/mol. The van der Waals surface area contributed by atoms with E-state index in [0.717, 1.165) is 61.5 Å². The number of rotatable bonds is 13. The summed E-state index contributed by atoms with van der Waals surface area (Å²) in [6, 6.07) is 7.73. The van der Waals surface area contributed by atoms with Crippen LogP contribution in [-0.4, -0.2) is 61.6 Å². The summed E-state index contributed by atoms with van der Waals surface area (Å²) in [6.45, 7) is 16.3. The molecule has 2 amide bonds. The minimum absolute atomic E-state index is 0. The van der Waals surface area contributed by atoms with Gasteiger partial charge in [0.15, 0.2) is 0 Å². The number of carbonyl (C=O) groups is 4. The molecule has 0 aromatic carbocycles. The van der Waals surface area contributed by atoms with E-state index in [1.807, 2.05) is 58.2 Å². The molecule has 8 bridgehead atoms. The van der Waals surface area contributed by atoms with Gasteiger partial charge in [-0.1, -0.05) is 66.3 Å². The largest absolute Gasteiger partial charge is 2.00 e. The number of Topliss-reactive ketones (excluding diaryl/α,β-unsaturated/α-hetero) is 1. The van der Waals surface area contributed by atoms with Crippen LogP contribution in [0.15, 0.2) is 43.5 Å². The van der Waals surface area contributed by atoms with Gasteiger partial charge in [-0.3, -0.25) is 24.1 Å². The topological polar surface area (TPSA) is 146 Å². The third kappa shape index (κ3) is 7.91. The van der Waals surface area contributed by atoms with Gasteiger partial charge in [-0.05, 0) is 75.5 Å². The third-order valence-electron chi connectivity index (χ3n) is 10.5. The number of nitrogens with zero attached hydrogens (tertiary/aromatic N) is 5. The second-order valence-corrected chi connectivity index (χ2v) is 14.7. The summed E-state index contributed by atoms with van der Waals surface area (Å²) in [5.41, 5.74) is 12.8. The Kier molecular flexibility index (Phi) is 12.6. The number of carbonyl (C=O) groups excluding carboxylic acids is 3. The molecular formula is C42H43N5O5SZn. The van der Waals surface area contributed by atoms with Crippen molar-refractivity contribution in [1.82, 2.24) is 24.8 Å². The fraction of sp³-hybridized carbons (Fsp3) is 0.333. The molecule has 54 heavy (non-hydrogen) atoms. The number of hydrogen-bond acceptors (Lipinski definition) is 7. The van der Waals surface area contributed by atoms with Crippen molar-refractivity contribution in [2.45, 2.75) is 77.9 Å². The van der Waals surface area contributed by atoms with Crippen molar-refractivity contribution >= 4 is 85.8 Å². The number of fused-ring (bicyclic) bond motifs is 8. The van der Waals surface area contributed by atoms with E-state index in [1.165, 1.54) is 16.7 Å². The second kappa shape index (κ2) is 16.8. The quantitative estimate of drug-likeness (QED) is 0.136. The summed E-state index contributed by atoms with van der Waals surface area (Å²) in [4.78, 5) is 71.1. The molecule has 12 heteroatoms. The standard InChI is InChI=1S/C42H44N5O5S.Zn/c1-8-27-22(3)31-17-32-24(5)29(13-12-26(48)11-10-16-47-40(49)21-39(53-7)42(47)52)37(45-32)20-38-30(14-15-41(50)51)25(6)34(46-38)19-36-28(9-2)23(4)33(44-36)18-35(27)43-31;/h8-9,17-20,39H,1-2,10-16,21H2,3-7H3,(H2-,43,44,45,46,50,51);/q-1;+2/p-1. The molecule has 0 aliphatic carbocycles. The number of amides is 2. The maximum absolute atomic E-state index is 13.2. The number of carboxylic acids is 1. The van der Waals surface area contributed by atoms with Crippen molar-refractivity contribution in [2.24, 2.45) is 0 Å². The first-order valence-corrected chi connectivity index (χ1v) is 19.0. The molecule has 1 N–H and O–H groups in total. The van der Waals surface area contributed by atoms with E-state index in [1.54, 1.807) is 12.2 Å². The van der Waals surface area contributed by atoms with Crippen LogP contribution in [0, 0.1) is 13.8 Å². The van der Waals surface area contributed by atoms with Gasteiger partial charge in [0.25, 0.3) is 0 Å². The minimum Gasteiger partial charge on any atom is -0.657 e. The molecular weight excluding hydrogens is 752 g/mol. The second-order valence-electron chi connectivity index (χ2n) is 13.6. The van der Waals surface area contributed by atoms with E-state index in [4.69, 9.17) is 19.9 Å². The molecule has 0 saturated carbocycles. The molecule has 6 rings (SSSR count). The molecule has 1 fully saturated rings. The van der Waals surface area contributed by atoms with Crippen LogP contribution in [0.1, 0.15) is 97.4 Å². The van der Waals surface area contributed by atoms with Gasteiger partial charge in [-0.15, -0.1) is 22.1 Å². The normalized spacial score (nSPS) is 15.6. The molecule has 0 spiro atoms. The first-order valence-electron chi connectivity index (χ1n) is 17.8. The van der Waals surface area contributed by atoms with Gasteiger partial charge in [-0.2, -0.15) is 11.8 Å². The molecule has 1 saturated heterocycles. The van der Waals surface area contributed by atoms with E-state index >= 15 is 0 Å². The molecule has 3 aliphatic heterocycles.